The lowest BCUT2D eigenvalue weighted by atomic mass is 10.2. The summed E-state index contributed by atoms with van der Waals surface area (Å²) < 4.78 is 0.804. The van der Waals surface area contributed by atoms with Gasteiger partial charge in [0.05, 0.1) is 8.67 Å². The maximum Gasteiger partial charge on any atom is 0.372 e. The first-order valence-electron chi connectivity index (χ1n) is 3.20. The van der Waals surface area contributed by atoms with Gasteiger partial charge in [-0.15, -0.1) is 11.3 Å². The first-order valence-corrected chi connectivity index (χ1v) is 4.77. The Labute approximate surface area is 87.9 Å². The molecule has 1 rings (SSSR count). The maximum atomic E-state index is 10.8. The van der Waals surface area contributed by atoms with E-state index in [1.807, 2.05) is 0 Å². The van der Waals surface area contributed by atoms with Gasteiger partial charge in [0, 0.05) is 6.42 Å². The van der Waals surface area contributed by atoms with E-state index in [2.05, 4.69) is 0 Å². The number of halogens is 2. The van der Waals surface area contributed by atoms with Crippen LogP contribution in [0.4, 0.5) is 0 Å². The van der Waals surface area contributed by atoms with Crippen molar-refractivity contribution >= 4 is 46.3 Å². The highest BCUT2D eigenvalue weighted by atomic mass is 35.5. The average Bonchev–Trinajstić information content (AvgIpc) is 2.30. The smallest absolute Gasteiger partial charge is 0.372 e. The Hall–Kier alpha value is -0.580. The Kier molecular flexibility index (Phi) is 3.30. The highest BCUT2D eigenvalue weighted by molar-refractivity contribution is 7.20. The molecular weight excluding hydrogens is 235 g/mol. The highest BCUT2D eigenvalue weighted by Crippen LogP contribution is 2.31. The molecule has 0 aromatic carbocycles. The zero-order valence-electron chi connectivity index (χ0n) is 6.21. The molecule has 1 heterocycles. The van der Waals surface area contributed by atoms with Crippen molar-refractivity contribution in [3.8, 4) is 0 Å². The number of Topliss-reactive ketones (excluding diaryl/α,β-unsaturated/α-hetero) is 1. The molecule has 0 radical (unpaired) electrons. The molecule has 0 amide bonds. The standard InChI is InChI=1S/C7H4Cl2O3S/c8-5-2-3(6(9)13-5)1-4(10)7(11)12/h2H,1H2,(H,11,12). The van der Waals surface area contributed by atoms with E-state index in [4.69, 9.17) is 28.3 Å². The number of hydrogen-bond acceptors (Lipinski definition) is 3. The Morgan fingerprint density at radius 3 is 2.46 bits per heavy atom. The maximum absolute atomic E-state index is 10.8. The Morgan fingerprint density at radius 2 is 2.08 bits per heavy atom. The largest absolute Gasteiger partial charge is 0.475 e. The summed E-state index contributed by atoms with van der Waals surface area (Å²) in [6, 6.07) is 1.50. The van der Waals surface area contributed by atoms with Crippen LogP contribution in [-0.4, -0.2) is 16.9 Å². The number of ketones is 1. The number of thiophene rings is 1. The number of carboxylic acid groups (broad SMARTS) is 1. The SMILES string of the molecule is O=C(O)C(=O)Cc1cc(Cl)sc1Cl. The summed E-state index contributed by atoms with van der Waals surface area (Å²) in [5.74, 6) is -2.35. The summed E-state index contributed by atoms with van der Waals surface area (Å²) >= 11 is 12.4. The zero-order valence-corrected chi connectivity index (χ0v) is 8.54. The van der Waals surface area contributed by atoms with Gasteiger partial charge in [-0.3, -0.25) is 4.79 Å². The van der Waals surface area contributed by atoms with Gasteiger partial charge in [0.15, 0.2) is 0 Å². The molecule has 0 unspecified atom stereocenters. The molecule has 0 atom stereocenters. The second-order valence-electron chi connectivity index (χ2n) is 2.25. The number of carboxylic acids is 1. The van der Waals surface area contributed by atoms with E-state index < -0.39 is 11.8 Å². The van der Waals surface area contributed by atoms with Crippen LogP contribution in [-0.2, 0) is 16.0 Å². The second kappa shape index (κ2) is 4.09. The molecule has 0 fully saturated rings. The van der Waals surface area contributed by atoms with Crippen molar-refractivity contribution in [1.82, 2.24) is 0 Å². The van der Waals surface area contributed by atoms with Crippen LogP contribution in [0.15, 0.2) is 6.07 Å². The van der Waals surface area contributed by atoms with Gasteiger partial charge in [0.25, 0.3) is 0 Å². The molecular formula is C7H4Cl2O3S. The van der Waals surface area contributed by atoms with Crippen molar-refractivity contribution in [3.63, 3.8) is 0 Å². The number of aliphatic carboxylic acids is 1. The van der Waals surface area contributed by atoms with Crippen LogP contribution < -0.4 is 0 Å². The van der Waals surface area contributed by atoms with Gasteiger partial charge in [0.2, 0.25) is 5.78 Å². The van der Waals surface area contributed by atoms with Crippen LogP contribution in [0, 0.1) is 0 Å². The van der Waals surface area contributed by atoms with Crippen molar-refractivity contribution in [2.45, 2.75) is 6.42 Å². The summed E-state index contributed by atoms with van der Waals surface area (Å²) in [4.78, 5) is 21.0. The summed E-state index contributed by atoms with van der Waals surface area (Å²) in [5.41, 5.74) is 0.462. The van der Waals surface area contributed by atoms with E-state index in [0.29, 0.717) is 14.2 Å². The van der Waals surface area contributed by atoms with Gasteiger partial charge in [0.1, 0.15) is 0 Å². The van der Waals surface area contributed by atoms with Crippen LogP contribution in [0.25, 0.3) is 0 Å². The van der Waals surface area contributed by atoms with E-state index in [9.17, 15) is 9.59 Å². The van der Waals surface area contributed by atoms with E-state index in [0.717, 1.165) is 11.3 Å². The number of carbonyl (C=O) groups excluding carboxylic acids is 1. The monoisotopic (exact) mass is 238 g/mol. The van der Waals surface area contributed by atoms with E-state index >= 15 is 0 Å². The Bertz CT molecular complexity index is 359. The molecule has 6 heteroatoms. The quantitative estimate of drug-likeness (QED) is 0.823. The van der Waals surface area contributed by atoms with Crippen molar-refractivity contribution in [2.75, 3.05) is 0 Å². The second-order valence-corrected chi connectivity index (χ2v) is 4.54. The summed E-state index contributed by atoms with van der Waals surface area (Å²) in [6.45, 7) is 0. The molecule has 0 aliphatic carbocycles. The molecule has 0 spiro atoms. The molecule has 13 heavy (non-hydrogen) atoms. The van der Waals surface area contributed by atoms with Gasteiger partial charge in [-0.05, 0) is 11.6 Å². The lowest BCUT2D eigenvalue weighted by molar-refractivity contribution is -0.148. The number of rotatable bonds is 3. The summed E-state index contributed by atoms with van der Waals surface area (Å²) in [5, 5.41) is 8.32. The van der Waals surface area contributed by atoms with Crippen molar-refractivity contribution in [1.29, 1.82) is 0 Å². The first kappa shape index (κ1) is 10.5. The zero-order chi connectivity index (χ0) is 10.0. The predicted molar refractivity (Wildman–Crippen MR) is 50.7 cm³/mol. The minimum Gasteiger partial charge on any atom is -0.475 e. The minimum atomic E-state index is -1.46. The molecule has 1 aromatic heterocycles. The molecule has 1 N–H and O–H groups in total. The molecule has 0 aliphatic heterocycles. The third kappa shape index (κ3) is 2.69. The molecule has 0 aliphatic rings. The number of hydrogen-bond donors (Lipinski definition) is 1. The summed E-state index contributed by atoms with van der Waals surface area (Å²) in [7, 11) is 0. The Balaban J connectivity index is 2.80. The van der Waals surface area contributed by atoms with Gasteiger partial charge in [-0.1, -0.05) is 23.2 Å². The van der Waals surface area contributed by atoms with Crippen LogP contribution in [0.1, 0.15) is 5.56 Å². The third-order valence-corrected chi connectivity index (χ3v) is 2.89. The lowest BCUT2D eigenvalue weighted by Gasteiger charge is -1.92. The van der Waals surface area contributed by atoms with E-state index in [1.165, 1.54) is 6.07 Å². The minimum absolute atomic E-state index is 0.211. The van der Waals surface area contributed by atoms with Crippen molar-refractivity contribution in [3.05, 3.63) is 20.3 Å². The van der Waals surface area contributed by atoms with E-state index in [-0.39, 0.29) is 6.42 Å². The molecule has 0 bridgehead atoms. The fraction of sp³-hybridized carbons (Fsp3) is 0.143. The fourth-order valence-electron chi connectivity index (χ4n) is 0.743. The fourth-order valence-corrected chi connectivity index (χ4v) is 2.23. The van der Waals surface area contributed by atoms with Crippen LogP contribution in [0.5, 0.6) is 0 Å². The molecule has 70 valence electrons. The lowest BCUT2D eigenvalue weighted by Crippen LogP contribution is -2.14. The normalized spacial score (nSPS) is 10.0. The topological polar surface area (TPSA) is 54.4 Å². The van der Waals surface area contributed by atoms with Gasteiger partial charge in [-0.2, -0.15) is 0 Å². The predicted octanol–water partition coefficient (Wildman–Crippen LogP) is 2.25. The van der Waals surface area contributed by atoms with Gasteiger partial charge in [-0.25, -0.2) is 4.79 Å². The molecule has 0 saturated heterocycles. The van der Waals surface area contributed by atoms with Crippen molar-refractivity contribution < 1.29 is 14.7 Å². The van der Waals surface area contributed by atoms with E-state index in [1.54, 1.807) is 0 Å². The van der Waals surface area contributed by atoms with Gasteiger partial charge >= 0.3 is 5.97 Å². The van der Waals surface area contributed by atoms with Crippen molar-refractivity contribution in [2.24, 2.45) is 0 Å². The highest BCUT2D eigenvalue weighted by Gasteiger charge is 2.15. The molecule has 3 nitrogen and oxygen atoms in total. The average molecular weight is 239 g/mol. The third-order valence-electron chi connectivity index (χ3n) is 1.32. The Morgan fingerprint density at radius 1 is 1.46 bits per heavy atom. The van der Waals surface area contributed by atoms with Crippen LogP contribution in [0.2, 0.25) is 8.67 Å². The molecule has 1 aromatic rings. The van der Waals surface area contributed by atoms with Gasteiger partial charge < -0.3 is 5.11 Å². The molecule has 0 saturated carbocycles. The number of carbonyl (C=O) groups is 2. The van der Waals surface area contributed by atoms with Crippen LogP contribution >= 0.6 is 34.5 Å². The first-order chi connectivity index (χ1) is 6.00. The van der Waals surface area contributed by atoms with Crippen LogP contribution in [0.3, 0.4) is 0 Å². The summed E-state index contributed by atoms with van der Waals surface area (Å²) in [6.07, 6.45) is -0.211.